The van der Waals surface area contributed by atoms with Crippen LogP contribution in [0, 0.1) is 20.2 Å². The van der Waals surface area contributed by atoms with E-state index in [2.05, 4.69) is 30.6 Å². The van der Waals surface area contributed by atoms with E-state index < -0.39 is 147 Å². The van der Waals surface area contributed by atoms with Crippen molar-refractivity contribution in [2.75, 3.05) is 23.9 Å². The first-order chi connectivity index (χ1) is 34.5. The van der Waals surface area contributed by atoms with Crippen LogP contribution in [-0.2, 0) is 35.3 Å². The first-order valence-corrected chi connectivity index (χ1v) is 20.4. The third-order valence-corrected chi connectivity index (χ3v) is 9.38. The van der Waals surface area contributed by atoms with Gasteiger partial charge in [0.15, 0.2) is 23.8 Å². The van der Waals surface area contributed by atoms with Crippen LogP contribution < -0.4 is 88.0 Å². The molecule has 396 valence electrons. The summed E-state index contributed by atoms with van der Waals surface area (Å²) < 4.78 is 0. The van der Waals surface area contributed by atoms with Crippen LogP contribution in [-0.4, -0.2) is 135 Å². The summed E-state index contributed by atoms with van der Waals surface area (Å²) >= 11 is 0. The number of aliphatic hydroxyl groups is 1. The number of aliphatic hydroxyl groups excluding tert-OH is 1. The minimum Gasteiger partial charge on any atom is -0.508 e. The molecule has 3 aromatic carbocycles. The number of nitro benzene ring substituents is 2. The number of aromatic hydroxyl groups is 1. The Balaban J connectivity index is 2.12. The van der Waals surface area contributed by atoms with Gasteiger partial charge in [-0.05, 0) is 11.6 Å². The number of aromatic carboxylic acids is 1. The molecular formula is C38H50N22O14. The monoisotopic (exact) mass is 1040 g/mol. The lowest BCUT2D eigenvalue weighted by Crippen LogP contribution is -2.58. The smallest absolute Gasteiger partial charge is 0.338 e. The average molecular weight is 1040 g/mol. The van der Waals surface area contributed by atoms with Gasteiger partial charge in [-0.3, -0.25) is 49.0 Å². The normalized spacial score (nSPS) is 12.9. The Morgan fingerprint density at radius 2 is 1.08 bits per heavy atom. The number of non-ortho nitro benzene ring substituents is 1. The van der Waals surface area contributed by atoms with Gasteiger partial charge in [-0.2, -0.15) is 0 Å². The third kappa shape index (κ3) is 15.9. The molecule has 0 aliphatic rings. The number of nitrogens with two attached hydrogens (primary N) is 9. The maximum Gasteiger partial charge on any atom is 0.338 e. The van der Waals surface area contributed by atoms with Crippen LogP contribution >= 0.6 is 0 Å². The molecule has 36 nitrogen and oxygen atoms in total. The molecule has 74 heavy (non-hydrogen) atoms. The molecule has 0 aliphatic carbocycles. The second-order valence-electron chi connectivity index (χ2n) is 15.0. The van der Waals surface area contributed by atoms with Crippen LogP contribution in [0.25, 0.3) is 0 Å². The summed E-state index contributed by atoms with van der Waals surface area (Å²) in [4.78, 5) is 131. The van der Waals surface area contributed by atoms with Gasteiger partial charge in [0.1, 0.15) is 17.5 Å². The van der Waals surface area contributed by atoms with E-state index in [1.807, 2.05) is 16.0 Å². The standard InChI is InChI=1S/C38H50N22O14/c1-57(2)16-9-8-15(20(61)12-16)13-58(22-18(34(69)70)10-17(59(71)72)11-19(22)60(73)74)33(68)32(67)48-21(14-6-4-3-5-7-14)28(63)50-25(54-36(42)43)30(65)52-27(56-38(46)47)31(66)51-26(55-37(44)45)29(64)49-24(23(39)62)53-35(40)41/h3-12,21,24-27,33,61,68H,13H2,1-2H3,(H2,39,62)(H,48,67)(H,49,64)(H,50,63)(H,51,66)(H,52,65)(H,69,70)(H4,40,41,53)(H4,42,43,54)(H4,44,45,55)(H4,46,47,56). The number of nitrogens with one attached hydrogen (secondary N) is 5. The van der Waals surface area contributed by atoms with E-state index in [4.69, 9.17) is 51.6 Å². The maximum atomic E-state index is 14.3. The molecular weight excluding hydrogens is 989 g/mol. The SMILES string of the molecule is CN(C)c1ccc(CN(c2c(C(=O)O)cc([N+](=O)[O-])cc2[N+](=O)[O-])C(O)C(=O)NC(C(=O)NC(N=C(N)N)C(=O)NC(N=C(N)N)C(=O)NC(N=C(N)N)C(=O)NC(N=C(N)N)C(N)=O)c2ccccc2)c(O)c1. The fourth-order valence-corrected chi connectivity index (χ4v) is 6.15. The molecule has 0 spiro atoms. The largest absolute Gasteiger partial charge is 0.508 e. The number of carbonyl (C=O) groups excluding carboxylic acids is 6. The van der Waals surface area contributed by atoms with Crippen molar-refractivity contribution in [3.8, 4) is 5.75 Å². The zero-order valence-electron chi connectivity index (χ0n) is 38.6. The molecule has 26 N–H and O–H groups in total. The number of phenolic OH excluding ortho intramolecular Hbond substituents is 1. The minimum atomic E-state index is -2.77. The van der Waals surface area contributed by atoms with Gasteiger partial charge in [-0.25, -0.2) is 24.8 Å². The van der Waals surface area contributed by atoms with Crippen LogP contribution in [0.4, 0.5) is 22.7 Å². The lowest BCUT2D eigenvalue weighted by molar-refractivity contribution is -0.393. The molecule has 6 amide bonds. The zero-order chi connectivity index (χ0) is 55.9. The highest BCUT2D eigenvalue weighted by Crippen LogP contribution is 2.39. The molecule has 3 rings (SSSR count). The Morgan fingerprint density at radius 3 is 1.49 bits per heavy atom. The molecule has 36 heteroatoms. The van der Waals surface area contributed by atoms with Crippen LogP contribution in [0.2, 0.25) is 0 Å². The van der Waals surface area contributed by atoms with Gasteiger partial charge in [-0.15, -0.1) is 0 Å². The minimum absolute atomic E-state index is 0.120. The molecule has 0 saturated heterocycles. The summed E-state index contributed by atoms with van der Waals surface area (Å²) in [6.07, 6.45) is -11.4. The number of primary amides is 1. The van der Waals surface area contributed by atoms with Gasteiger partial charge >= 0.3 is 5.97 Å². The summed E-state index contributed by atoms with van der Waals surface area (Å²) in [5.74, 6) is -14.5. The fraction of sp³-hybridized carbons (Fsp3) is 0.237. The molecule has 6 atom stereocenters. The van der Waals surface area contributed by atoms with Crippen molar-refractivity contribution >= 4 is 88.0 Å². The molecule has 6 unspecified atom stereocenters. The van der Waals surface area contributed by atoms with Gasteiger partial charge in [0, 0.05) is 44.0 Å². The second-order valence-corrected chi connectivity index (χ2v) is 15.0. The van der Waals surface area contributed by atoms with E-state index in [-0.39, 0.29) is 11.1 Å². The first kappa shape index (κ1) is 57.5. The predicted octanol–water partition coefficient (Wildman–Crippen LogP) is -7.50. The Kier molecular flexibility index (Phi) is 19.6. The Hall–Kier alpha value is -10.8. The number of amides is 6. The number of guanidine groups is 4. The topological polar surface area (TPSA) is 617 Å². The number of carboxylic acids is 1. The number of carboxylic acid groups (broad SMARTS) is 1. The predicted molar refractivity (Wildman–Crippen MR) is 259 cm³/mol. The summed E-state index contributed by atoms with van der Waals surface area (Å²) in [5, 5.41) is 67.4. The van der Waals surface area contributed by atoms with Crippen molar-refractivity contribution in [3.05, 3.63) is 97.6 Å². The summed E-state index contributed by atoms with van der Waals surface area (Å²) in [7, 11) is 3.23. The third-order valence-electron chi connectivity index (χ3n) is 9.38. The maximum absolute atomic E-state index is 14.3. The Labute approximate surface area is 415 Å². The van der Waals surface area contributed by atoms with E-state index >= 15 is 0 Å². The second kappa shape index (κ2) is 25.2. The average Bonchev–Trinajstić information content (AvgIpc) is 3.30. The number of hydrogen-bond donors (Lipinski definition) is 17. The Bertz CT molecular complexity index is 2760. The van der Waals surface area contributed by atoms with E-state index in [1.165, 1.54) is 48.5 Å². The summed E-state index contributed by atoms with van der Waals surface area (Å²) in [6.45, 7) is -0.921. The zero-order valence-corrected chi connectivity index (χ0v) is 38.6. The van der Waals surface area contributed by atoms with Gasteiger partial charge in [0.05, 0.1) is 21.5 Å². The number of carbonyl (C=O) groups is 7. The lowest BCUT2D eigenvalue weighted by atomic mass is 10.0. The van der Waals surface area contributed by atoms with Gasteiger partial charge in [0.2, 0.25) is 36.8 Å². The van der Waals surface area contributed by atoms with Crippen molar-refractivity contribution in [2.24, 2.45) is 71.6 Å². The number of anilines is 2. The first-order valence-electron chi connectivity index (χ1n) is 20.4. The van der Waals surface area contributed by atoms with Crippen molar-refractivity contribution in [1.82, 2.24) is 26.6 Å². The highest BCUT2D eigenvalue weighted by atomic mass is 16.6. The molecule has 0 heterocycles. The van der Waals surface area contributed by atoms with E-state index in [0.29, 0.717) is 22.7 Å². The van der Waals surface area contributed by atoms with Crippen molar-refractivity contribution in [3.63, 3.8) is 0 Å². The lowest BCUT2D eigenvalue weighted by Gasteiger charge is -2.31. The van der Waals surface area contributed by atoms with Crippen LogP contribution in [0.15, 0.2) is 80.6 Å². The van der Waals surface area contributed by atoms with Crippen molar-refractivity contribution in [2.45, 2.75) is 43.5 Å². The molecule has 0 aromatic heterocycles. The summed E-state index contributed by atoms with van der Waals surface area (Å²) in [5.41, 5.74) is 44.1. The highest BCUT2D eigenvalue weighted by Gasteiger charge is 2.39. The number of nitrogens with zero attached hydrogens (tertiary/aromatic N) is 8. The van der Waals surface area contributed by atoms with Gasteiger partial charge in [-0.1, -0.05) is 36.4 Å². The molecule has 0 bridgehead atoms. The molecule has 0 aliphatic heterocycles. The molecule has 0 radical (unpaired) electrons. The van der Waals surface area contributed by atoms with E-state index in [0.717, 1.165) is 0 Å². The number of benzene rings is 3. The highest BCUT2D eigenvalue weighted by molar-refractivity contribution is 6.01. The fourth-order valence-electron chi connectivity index (χ4n) is 6.15. The number of rotatable bonds is 24. The van der Waals surface area contributed by atoms with Crippen LogP contribution in [0.5, 0.6) is 5.75 Å². The van der Waals surface area contributed by atoms with Gasteiger partial charge in [0.25, 0.3) is 40.9 Å². The molecule has 0 saturated carbocycles. The van der Waals surface area contributed by atoms with Crippen molar-refractivity contribution < 1.29 is 58.7 Å². The number of phenols is 1. The quantitative estimate of drug-likeness (QED) is 0.0130. The number of hydrogen-bond acceptors (Lipinski definition) is 19. The van der Waals surface area contributed by atoms with Crippen molar-refractivity contribution in [1.29, 1.82) is 0 Å². The number of aliphatic imine (C=N–C) groups is 4. The number of nitro groups is 2. The Morgan fingerprint density at radius 1 is 0.622 bits per heavy atom. The van der Waals surface area contributed by atoms with E-state index in [9.17, 15) is 69.1 Å². The van der Waals surface area contributed by atoms with E-state index in [1.54, 1.807) is 19.0 Å². The van der Waals surface area contributed by atoms with Crippen LogP contribution in [0.1, 0.15) is 27.5 Å². The van der Waals surface area contributed by atoms with Crippen LogP contribution in [0.3, 0.4) is 0 Å². The van der Waals surface area contributed by atoms with Gasteiger partial charge < -0.3 is 103 Å². The summed E-state index contributed by atoms with van der Waals surface area (Å²) in [6, 6.07) is 9.39. The molecule has 0 fully saturated rings. The molecule has 3 aromatic rings.